The fourth-order valence-corrected chi connectivity index (χ4v) is 3.67. The van der Waals surface area contributed by atoms with Gasteiger partial charge in [-0.1, -0.05) is 0 Å². The van der Waals surface area contributed by atoms with Crippen molar-refractivity contribution in [3.8, 4) is 0 Å². The third-order valence-corrected chi connectivity index (χ3v) is 4.98. The lowest BCUT2D eigenvalue weighted by Crippen LogP contribution is -2.42. The summed E-state index contributed by atoms with van der Waals surface area (Å²) in [4.78, 5) is 4.88. The third-order valence-electron chi connectivity index (χ3n) is 4.25. The van der Waals surface area contributed by atoms with Crippen LogP contribution in [0.1, 0.15) is 19.3 Å². The van der Waals surface area contributed by atoms with Crippen LogP contribution in [-0.4, -0.2) is 83.0 Å². The quantitative estimate of drug-likeness (QED) is 0.701. The molecule has 2 atom stereocenters. The summed E-state index contributed by atoms with van der Waals surface area (Å²) in [5, 5.41) is 0. The highest BCUT2D eigenvalue weighted by Gasteiger charge is 2.33. The zero-order chi connectivity index (χ0) is 14.6. The predicted octanol–water partition coefficient (Wildman–Crippen LogP) is -0.279. The van der Waals surface area contributed by atoms with Crippen LogP contribution in [0.25, 0.3) is 0 Å². The molecule has 0 spiro atoms. The van der Waals surface area contributed by atoms with E-state index in [4.69, 9.17) is 4.74 Å². The maximum atomic E-state index is 11.1. The summed E-state index contributed by atoms with van der Waals surface area (Å²) in [5.41, 5.74) is 0. The van der Waals surface area contributed by atoms with E-state index in [1.54, 1.807) is 7.11 Å². The molecule has 2 aliphatic heterocycles. The Morgan fingerprint density at radius 1 is 1.30 bits per heavy atom. The van der Waals surface area contributed by atoms with E-state index in [1.165, 1.54) is 32.2 Å². The maximum absolute atomic E-state index is 11.1. The molecule has 0 aromatic rings. The van der Waals surface area contributed by atoms with Crippen LogP contribution in [-0.2, 0) is 14.8 Å². The van der Waals surface area contributed by atoms with Crippen molar-refractivity contribution in [1.29, 1.82) is 0 Å². The van der Waals surface area contributed by atoms with E-state index in [1.807, 2.05) is 0 Å². The van der Waals surface area contributed by atoms with E-state index in [2.05, 4.69) is 14.5 Å². The van der Waals surface area contributed by atoms with E-state index < -0.39 is 10.0 Å². The van der Waals surface area contributed by atoms with Gasteiger partial charge in [-0.15, -0.1) is 0 Å². The summed E-state index contributed by atoms with van der Waals surface area (Å²) in [6.45, 7) is 5.61. The molecule has 0 amide bonds. The highest BCUT2D eigenvalue weighted by Crippen LogP contribution is 2.22. The smallest absolute Gasteiger partial charge is 0.208 e. The largest absolute Gasteiger partial charge is 0.380 e. The standard InChI is InChI=1S/C13H27N3O3S/c1-19-13-9-12(10-15-6-3-4-7-15)16(11-13)8-5-14-20(2,17)18/h12-14H,3-11H2,1-2H3/t12-,13-/m0/s1. The number of nitrogens with zero attached hydrogens (tertiary/aromatic N) is 2. The summed E-state index contributed by atoms with van der Waals surface area (Å²) < 4.78 is 30.3. The molecule has 7 heteroatoms. The van der Waals surface area contributed by atoms with Crippen LogP contribution in [0.5, 0.6) is 0 Å². The Balaban J connectivity index is 1.82. The van der Waals surface area contributed by atoms with Crippen molar-refractivity contribution in [3.63, 3.8) is 0 Å². The topological polar surface area (TPSA) is 61.9 Å². The van der Waals surface area contributed by atoms with Gasteiger partial charge in [0, 0.05) is 39.3 Å². The molecular formula is C13H27N3O3S. The predicted molar refractivity (Wildman–Crippen MR) is 79.3 cm³/mol. The van der Waals surface area contributed by atoms with Crippen molar-refractivity contribution < 1.29 is 13.2 Å². The lowest BCUT2D eigenvalue weighted by atomic mass is 10.2. The Bertz CT molecular complexity index is 396. The van der Waals surface area contributed by atoms with Crippen LogP contribution in [0, 0.1) is 0 Å². The minimum atomic E-state index is -3.09. The van der Waals surface area contributed by atoms with E-state index in [9.17, 15) is 8.42 Å². The Hall–Kier alpha value is -0.210. The average Bonchev–Trinajstić information content (AvgIpc) is 2.98. The molecule has 0 aromatic carbocycles. The molecule has 2 rings (SSSR count). The Kier molecular flexibility index (Phi) is 5.80. The van der Waals surface area contributed by atoms with Crippen LogP contribution < -0.4 is 4.72 Å². The van der Waals surface area contributed by atoms with E-state index in [0.717, 1.165) is 26.1 Å². The van der Waals surface area contributed by atoms with Gasteiger partial charge < -0.3 is 9.64 Å². The molecular weight excluding hydrogens is 278 g/mol. The lowest BCUT2D eigenvalue weighted by Gasteiger charge is -2.28. The molecule has 0 aromatic heterocycles. The fourth-order valence-electron chi connectivity index (χ4n) is 3.21. The Labute approximate surface area is 122 Å². The van der Waals surface area contributed by atoms with Crippen molar-refractivity contribution in [3.05, 3.63) is 0 Å². The van der Waals surface area contributed by atoms with Gasteiger partial charge in [0.1, 0.15) is 0 Å². The van der Waals surface area contributed by atoms with Crippen molar-refractivity contribution >= 4 is 10.0 Å². The van der Waals surface area contributed by atoms with Crippen LogP contribution in [0.4, 0.5) is 0 Å². The molecule has 2 saturated heterocycles. The van der Waals surface area contributed by atoms with Gasteiger partial charge >= 0.3 is 0 Å². The first-order valence-corrected chi connectivity index (χ1v) is 9.31. The van der Waals surface area contributed by atoms with E-state index in [-0.39, 0.29) is 6.10 Å². The minimum Gasteiger partial charge on any atom is -0.380 e. The number of ether oxygens (including phenoxy) is 1. The summed E-state index contributed by atoms with van der Waals surface area (Å²) in [6, 6.07) is 0.486. The summed E-state index contributed by atoms with van der Waals surface area (Å²) >= 11 is 0. The molecule has 0 unspecified atom stereocenters. The van der Waals surface area contributed by atoms with Gasteiger partial charge in [0.15, 0.2) is 0 Å². The summed E-state index contributed by atoms with van der Waals surface area (Å²) in [7, 11) is -1.33. The maximum Gasteiger partial charge on any atom is 0.208 e. The van der Waals surface area contributed by atoms with Crippen molar-refractivity contribution in [2.45, 2.75) is 31.4 Å². The van der Waals surface area contributed by atoms with Crippen molar-refractivity contribution in [1.82, 2.24) is 14.5 Å². The molecule has 118 valence electrons. The Morgan fingerprint density at radius 2 is 2.00 bits per heavy atom. The fraction of sp³-hybridized carbons (Fsp3) is 1.00. The number of hydrogen-bond donors (Lipinski definition) is 1. The van der Waals surface area contributed by atoms with E-state index in [0.29, 0.717) is 12.6 Å². The number of rotatable bonds is 7. The number of likely N-dealkylation sites (tertiary alicyclic amines) is 2. The van der Waals surface area contributed by atoms with Crippen LogP contribution in [0.3, 0.4) is 0 Å². The van der Waals surface area contributed by atoms with Gasteiger partial charge in [0.25, 0.3) is 0 Å². The van der Waals surface area contributed by atoms with Gasteiger partial charge in [-0.2, -0.15) is 0 Å². The SMILES string of the molecule is CO[C@H]1C[C@@H](CN2CCCC2)N(CCNS(C)(=O)=O)C1. The van der Waals surface area contributed by atoms with Crippen molar-refractivity contribution in [2.75, 3.05) is 52.6 Å². The molecule has 2 aliphatic rings. The van der Waals surface area contributed by atoms with Crippen LogP contribution in [0.15, 0.2) is 0 Å². The molecule has 1 N–H and O–H groups in total. The molecule has 0 radical (unpaired) electrons. The van der Waals surface area contributed by atoms with Gasteiger partial charge in [-0.25, -0.2) is 13.1 Å². The highest BCUT2D eigenvalue weighted by molar-refractivity contribution is 7.88. The molecule has 2 heterocycles. The number of nitrogens with one attached hydrogen (secondary N) is 1. The molecule has 0 aliphatic carbocycles. The molecule has 0 bridgehead atoms. The zero-order valence-corrected chi connectivity index (χ0v) is 13.4. The minimum absolute atomic E-state index is 0.279. The first-order valence-electron chi connectivity index (χ1n) is 7.42. The molecule has 0 saturated carbocycles. The molecule has 2 fully saturated rings. The normalized spacial score (nSPS) is 29.3. The zero-order valence-electron chi connectivity index (χ0n) is 12.5. The van der Waals surface area contributed by atoms with Gasteiger partial charge in [-0.3, -0.25) is 4.90 Å². The molecule has 20 heavy (non-hydrogen) atoms. The average molecular weight is 305 g/mol. The second-order valence-electron chi connectivity index (χ2n) is 5.92. The summed E-state index contributed by atoms with van der Waals surface area (Å²) in [6.07, 6.45) is 5.13. The Morgan fingerprint density at radius 3 is 2.60 bits per heavy atom. The third kappa shape index (κ3) is 4.96. The number of methoxy groups -OCH3 is 1. The van der Waals surface area contributed by atoms with Gasteiger partial charge in [0.05, 0.1) is 12.4 Å². The number of hydrogen-bond acceptors (Lipinski definition) is 5. The lowest BCUT2D eigenvalue weighted by molar-refractivity contribution is 0.108. The second kappa shape index (κ2) is 7.17. The van der Waals surface area contributed by atoms with Crippen LogP contribution in [0.2, 0.25) is 0 Å². The molecule has 6 nitrogen and oxygen atoms in total. The van der Waals surface area contributed by atoms with Crippen molar-refractivity contribution in [2.24, 2.45) is 0 Å². The second-order valence-corrected chi connectivity index (χ2v) is 7.75. The first-order chi connectivity index (χ1) is 9.48. The monoisotopic (exact) mass is 305 g/mol. The van der Waals surface area contributed by atoms with Gasteiger partial charge in [-0.05, 0) is 32.4 Å². The summed E-state index contributed by atoms with van der Waals surface area (Å²) in [5.74, 6) is 0. The number of sulfonamides is 1. The van der Waals surface area contributed by atoms with Gasteiger partial charge in [0.2, 0.25) is 10.0 Å². The first kappa shape index (κ1) is 16.2. The van der Waals surface area contributed by atoms with E-state index >= 15 is 0 Å². The van der Waals surface area contributed by atoms with Crippen LogP contribution >= 0.6 is 0 Å². The highest BCUT2D eigenvalue weighted by atomic mass is 32.2.